The summed E-state index contributed by atoms with van der Waals surface area (Å²) < 4.78 is 10.8. The number of rotatable bonds is 9. The van der Waals surface area contributed by atoms with E-state index < -0.39 is 17.9 Å². The maximum Gasteiger partial charge on any atom is 0.287 e. The highest BCUT2D eigenvalue weighted by Crippen LogP contribution is 2.23. The molecular weight excluding hydrogens is 581 g/mol. The summed E-state index contributed by atoms with van der Waals surface area (Å²) in [5.41, 5.74) is 2.08. The van der Waals surface area contributed by atoms with Gasteiger partial charge in [-0.1, -0.05) is 23.2 Å². The van der Waals surface area contributed by atoms with Crippen LogP contribution in [0.3, 0.4) is 0 Å². The topological polar surface area (TPSA) is 117 Å². The second-order valence-electron chi connectivity index (χ2n) is 9.77. The van der Waals surface area contributed by atoms with Crippen molar-refractivity contribution in [2.45, 2.75) is 12.5 Å². The predicted molar refractivity (Wildman–Crippen MR) is 160 cm³/mol. The lowest BCUT2D eigenvalue weighted by molar-refractivity contribution is -0.133. The van der Waals surface area contributed by atoms with Gasteiger partial charge in [0.25, 0.3) is 5.91 Å². The number of aromatic nitrogens is 1. The van der Waals surface area contributed by atoms with Crippen molar-refractivity contribution in [1.29, 1.82) is 0 Å². The summed E-state index contributed by atoms with van der Waals surface area (Å²) >= 11 is 12.0. The van der Waals surface area contributed by atoms with E-state index in [4.69, 9.17) is 32.4 Å². The van der Waals surface area contributed by atoms with Gasteiger partial charge in [0.2, 0.25) is 11.8 Å². The standard InChI is InChI=1S/C30H29Cl2N5O5/c1-41-24-8-5-22(33-17-24)16-25(35-30(40)27-15-19-14-21(32)4-9-26(19)42-27)29(39)34-18-28(38)37-12-10-36(11-13-37)23-6-2-20(31)3-7-23/h2-9,14-15,17,25H,10-13,16,18H2,1H3,(H,34,39)(H,35,40)/t25-/m0/s1. The Morgan fingerprint density at radius 1 is 0.976 bits per heavy atom. The Morgan fingerprint density at radius 3 is 2.40 bits per heavy atom. The average molecular weight is 610 g/mol. The lowest BCUT2D eigenvalue weighted by Crippen LogP contribution is -2.53. The molecule has 0 spiro atoms. The van der Waals surface area contributed by atoms with Gasteiger partial charge in [0.05, 0.1) is 19.9 Å². The van der Waals surface area contributed by atoms with Crippen molar-refractivity contribution in [3.05, 3.63) is 88.4 Å². The highest BCUT2D eigenvalue weighted by Gasteiger charge is 2.26. The molecule has 42 heavy (non-hydrogen) atoms. The lowest BCUT2D eigenvalue weighted by atomic mass is 10.1. The van der Waals surface area contributed by atoms with Gasteiger partial charge in [-0.25, -0.2) is 0 Å². The first-order valence-corrected chi connectivity index (χ1v) is 14.1. The van der Waals surface area contributed by atoms with Gasteiger partial charge in [0, 0.05) is 59.4 Å². The molecule has 1 fully saturated rings. The normalized spacial score (nSPS) is 14.0. The fourth-order valence-corrected chi connectivity index (χ4v) is 5.00. The zero-order valence-electron chi connectivity index (χ0n) is 22.8. The number of piperazine rings is 1. The van der Waals surface area contributed by atoms with Crippen molar-refractivity contribution in [2.75, 3.05) is 44.7 Å². The van der Waals surface area contributed by atoms with E-state index in [1.165, 1.54) is 13.3 Å². The van der Waals surface area contributed by atoms with Crippen LogP contribution in [-0.4, -0.2) is 73.5 Å². The number of carbonyl (C=O) groups excluding carboxylic acids is 3. The molecule has 1 aliphatic heterocycles. The molecular formula is C30H29Cl2N5O5. The number of hydrogen-bond donors (Lipinski definition) is 2. The fourth-order valence-electron chi connectivity index (χ4n) is 4.69. The Bertz CT molecular complexity index is 1570. The first-order valence-electron chi connectivity index (χ1n) is 13.3. The number of nitrogens with one attached hydrogen (secondary N) is 2. The van der Waals surface area contributed by atoms with Crippen LogP contribution in [0.2, 0.25) is 10.0 Å². The molecule has 1 aliphatic rings. The van der Waals surface area contributed by atoms with Gasteiger partial charge in [-0.15, -0.1) is 0 Å². The van der Waals surface area contributed by atoms with Crippen molar-refractivity contribution in [2.24, 2.45) is 0 Å². The molecule has 3 heterocycles. The number of hydrogen-bond acceptors (Lipinski definition) is 7. The molecule has 218 valence electrons. The molecule has 5 rings (SSSR count). The predicted octanol–water partition coefficient (Wildman–Crippen LogP) is 3.95. The van der Waals surface area contributed by atoms with Gasteiger partial charge in [-0.2, -0.15) is 0 Å². The summed E-state index contributed by atoms with van der Waals surface area (Å²) in [4.78, 5) is 47.6. The minimum atomic E-state index is -1.02. The number of fused-ring (bicyclic) bond motifs is 1. The van der Waals surface area contributed by atoms with Crippen molar-refractivity contribution < 1.29 is 23.5 Å². The van der Waals surface area contributed by atoms with E-state index in [9.17, 15) is 14.4 Å². The number of anilines is 1. The molecule has 0 radical (unpaired) electrons. The quantitative estimate of drug-likeness (QED) is 0.295. The van der Waals surface area contributed by atoms with Crippen LogP contribution < -0.4 is 20.3 Å². The third kappa shape index (κ3) is 7.13. The number of halogens is 2. The van der Waals surface area contributed by atoms with Crippen LogP contribution >= 0.6 is 23.2 Å². The van der Waals surface area contributed by atoms with Crippen LogP contribution in [-0.2, 0) is 16.0 Å². The van der Waals surface area contributed by atoms with Crippen LogP contribution in [0.1, 0.15) is 16.2 Å². The average Bonchev–Trinajstić information content (AvgIpc) is 3.44. The molecule has 12 heteroatoms. The summed E-state index contributed by atoms with van der Waals surface area (Å²) in [6, 6.07) is 16.6. The number of pyridine rings is 1. The minimum absolute atomic E-state index is 0.0300. The largest absolute Gasteiger partial charge is 0.495 e. The summed E-state index contributed by atoms with van der Waals surface area (Å²) in [5, 5.41) is 7.25. The van der Waals surface area contributed by atoms with E-state index in [1.54, 1.807) is 41.3 Å². The number of methoxy groups -OCH3 is 1. The first-order chi connectivity index (χ1) is 20.3. The maximum atomic E-state index is 13.3. The van der Waals surface area contributed by atoms with Gasteiger partial charge in [-0.3, -0.25) is 19.4 Å². The second-order valence-corrected chi connectivity index (χ2v) is 10.6. The fraction of sp³-hybridized carbons (Fsp3) is 0.267. The zero-order valence-corrected chi connectivity index (χ0v) is 24.3. The van der Waals surface area contributed by atoms with Crippen LogP contribution in [0.5, 0.6) is 5.75 Å². The summed E-state index contributed by atoms with van der Waals surface area (Å²) in [6.07, 6.45) is 1.61. The third-order valence-electron chi connectivity index (χ3n) is 7.01. The van der Waals surface area contributed by atoms with E-state index in [2.05, 4.69) is 20.5 Å². The molecule has 0 bridgehead atoms. The number of carbonyl (C=O) groups is 3. The Balaban J connectivity index is 1.22. The van der Waals surface area contributed by atoms with E-state index in [0.717, 1.165) is 5.69 Å². The van der Waals surface area contributed by atoms with Gasteiger partial charge in [0.1, 0.15) is 17.4 Å². The highest BCUT2D eigenvalue weighted by molar-refractivity contribution is 6.31. The second kappa shape index (κ2) is 13.1. The smallest absolute Gasteiger partial charge is 0.287 e. The van der Waals surface area contributed by atoms with Crippen molar-refractivity contribution in [1.82, 2.24) is 20.5 Å². The van der Waals surface area contributed by atoms with E-state index in [0.29, 0.717) is 58.6 Å². The minimum Gasteiger partial charge on any atom is -0.495 e. The van der Waals surface area contributed by atoms with Gasteiger partial charge >= 0.3 is 0 Å². The Hall–Kier alpha value is -4.28. The molecule has 3 amide bonds. The number of nitrogens with zero attached hydrogens (tertiary/aromatic N) is 3. The molecule has 1 saturated heterocycles. The van der Waals surface area contributed by atoms with Gasteiger partial charge < -0.3 is 29.6 Å². The molecule has 0 aliphatic carbocycles. The molecule has 2 aromatic carbocycles. The monoisotopic (exact) mass is 609 g/mol. The Labute approximate surface area is 252 Å². The molecule has 0 saturated carbocycles. The lowest BCUT2D eigenvalue weighted by Gasteiger charge is -2.36. The molecule has 4 aromatic rings. The number of benzene rings is 2. The molecule has 0 unspecified atom stereocenters. The molecule has 2 aromatic heterocycles. The van der Waals surface area contributed by atoms with Crippen LogP contribution in [0.4, 0.5) is 5.69 Å². The van der Waals surface area contributed by atoms with E-state index in [1.807, 2.05) is 24.3 Å². The van der Waals surface area contributed by atoms with Crippen LogP contribution in [0.25, 0.3) is 11.0 Å². The van der Waals surface area contributed by atoms with Gasteiger partial charge in [0.15, 0.2) is 5.76 Å². The summed E-state index contributed by atoms with van der Waals surface area (Å²) in [6.45, 7) is 2.15. The maximum absolute atomic E-state index is 13.3. The summed E-state index contributed by atoms with van der Waals surface area (Å²) in [5.74, 6) is -0.719. The molecule has 1 atom stereocenters. The van der Waals surface area contributed by atoms with Crippen molar-refractivity contribution in [3.63, 3.8) is 0 Å². The highest BCUT2D eigenvalue weighted by atomic mass is 35.5. The third-order valence-corrected chi connectivity index (χ3v) is 7.50. The number of furan rings is 1. The Morgan fingerprint density at radius 2 is 1.71 bits per heavy atom. The Kier molecular flexibility index (Phi) is 9.14. The number of ether oxygens (including phenoxy) is 1. The SMILES string of the molecule is COc1ccc(C[C@H](NC(=O)c2cc3cc(Cl)ccc3o2)C(=O)NCC(=O)N2CCN(c3ccc(Cl)cc3)CC2)nc1. The van der Waals surface area contributed by atoms with Crippen LogP contribution in [0, 0.1) is 0 Å². The molecule has 10 nitrogen and oxygen atoms in total. The van der Waals surface area contributed by atoms with E-state index in [-0.39, 0.29) is 24.6 Å². The van der Waals surface area contributed by atoms with Crippen molar-refractivity contribution in [3.8, 4) is 5.75 Å². The van der Waals surface area contributed by atoms with Gasteiger partial charge in [-0.05, 0) is 60.7 Å². The summed E-state index contributed by atoms with van der Waals surface area (Å²) in [7, 11) is 1.53. The first kappa shape index (κ1) is 29.2. The molecule has 2 N–H and O–H groups in total. The zero-order chi connectivity index (χ0) is 29.6. The van der Waals surface area contributed by atoms with E-state index >= 15 is 0 Å². The number of amides is 3. The van der Waals surface area contributed by atoms with Crippen LogP contribution in [0.15, 0.2) is 71.3 Å². The van der Waals surface area contributed by atoms with Crippen molar-refractivity contribution >= 4 is 57.6 Å².